The minimum absolute atomic E-state index is 0.0177. The molecule has 3 rings (SSSR count). The van der Waals surface area contributed by atoms with Crippen molar-refractivity contribution in [3.8, 4) is 5.88 Å². The number of aromatic nitrogens is 2. The van der Waals surface area contributed by atoms with Crippen LogP contribution in [0.25, 0.3) is 0 Å². The minimum atomic E-state index is -3.80. The largest absolute Gasteiger partial charge is 0.477 e. The second-order valence-corrected chi connectivity index (χ2v) is 9.34. The molecule has 0 saturated carbocycles. The van der Waals surface area contributed by atoms with E-state index in [0.717, 1.165) is 4.31 Å². The van der Waals surface area contributed by atoms with Crippen molar-refractivity contribution in [2.75, 3.05) is 44.8 Å². The zero-order valence-corrected chi connectivity index (χ0v) is 20.4. The van der Waals surface area contributed by atoms with E-state index in [-0.39, 0.29) is 42.2 Å². The van der Waals surface area contributed by atoms with Crippen molar-refractivity contribution < 1.29 is 32.6 Å². The number of benzene rings is 1. The highest BCUT2D eigenvalue weighted by atomic mass is 32.2. The Morgan fingerprint density at radius 1 is 1.26 bits per heavy atom. The lowest BCUT2D eigenvalue weighted by Gasteiger charge is -2.19. The maximum atomic E-state index is 13.0. The van der Waals surface area contributed by atoms with Crippen LogP contribution >= 0.6 is 0 Å². The zero-order chi connectivity index (χ0) is 25.3. The number of amides is 1. The SMILES string of the molecule is CCOc1cnc(NC(=O)C(=NO[C@@H]2CCOC2)c2ccc(S(=O)(=O)N(CC)CCO)cc2)cn1. The van der Waals surface area contributed by atoms with Crippen LogP contribution in [0.5, 0.6) is 5.88 Å². The Morgan fingerprint density at radius 2 is 2.03 bits per heavy atom. The van der Waals surface area contributed by atoms with Gasteiger partial charge in [-0.15, -0.1) is 0 Å². The van der Waals surface area contributed by atoms with Crippen molar-refractivity contribution in [2.24, 2.45) is 5.16 Å². The van der Waals surface area contributed by atoms with Crippen molar-refractivity contribution in [2.45, 2.75) is 31.3 Å². The van der Waals surface area contributed by atoms with Crippen LogP contribution in [-0.4, -0.2) is 85.0 Å². The van der Waals surface area contributed by atoms with Crippen molar-refractivity contribution in [1.82, 2.24) is 14.3 Å². The fourth-order valence-corrected chi connectivity index (χ4v) is 4.66. The Bertz CT molecular complexity index is 1100. The molecule has 1 atom stereocenters. The number of hydrogen-bond acceptors (Lipinski definition) is 10. The van der Waals surface area contributed by atoms with Crippen LogP contribution in [0.2, 0.25) is 0 Å². The Balaban J connectivity index is 1.84. The molecule has 1 aromatic carbocycles. The van der Waals surface area contributed by atoms with Gasteiger partial charge in [-0.1, -0.05) is 24.2 Å². The van der Waals surface area contributed by atoms with Crippen molar-refractivity contribution in [3.63, 3.8) is 0 Å². The number of nitrogens with one attached hydrogen (secondary N) is 1. The molecular formula is C22H29N5O7S. The number of hydrogen-bond donors (Lipinski definition) is 2. The molecular weight excluding hydrogens is 478 g/mol. The Hall–Kier alpha value is -3.13. The number of anilines is 1. The van der Waals surface area contributed by atoms with E-state index in [2.05, 4.69) is 20.4 Å². The van der Waals surface area contributed by atoms with Gasteiger partial charge in [0.1, 0.15) is 0 Å². The van der Waals surface area contributed by atoms with Gasteiger partial charge >= 0.3 is 0 Å². The average Bonchev–Trinajstić information content (AvgIpc) is 3.38. The predicted octanol–water partition coefficient (Wildman–Crippen LogP) is 1.03. The molecule has 1 aliphatic heterocycles. The first-order chi connectivity index (χ1) is 16.9. The second kappa shape index (κ2) is 12.5. The third kappa shape index (κ3) is 6.94. The van der Waals surface area contributed by atoms with Gasteiger partial charge in [-0.3, -0.25) is 4.79 Å². The van der Waals surface area contributed by atoms with E-state index in [0.29, 0.717) is 37.7 Å². The number of carbonyl (C=O) groups is 1. The molecule has 35 heavy (non-hydrogen) atoms. The lowest BCUT2D eigenvalue weighted by Crippen LogP contribution is -2.33. The minimum Gasteiger partial charge on any atom is -0.477 e. The Morgan fingerprint density at radius 3 is 2.60 bits per heavy atom. The number of sulfonamides is 1. The molecule has 2 aromatic rings. The topological polar surface area (TPSA) is 153 Å². The third-order valence-corrected chi connectivity index (χ3v) is 7.01. The molecule has 1 fully saturated rings. The van der Waals surface area contributed by atoms with Gasteiger partial charge in [-0.2, -0.15) is 4.31 Å². The molecule has 1 aromatic heterocycles. The van der Waals surface area contributed by atoms with Gasteiger partial charge < -0.3 is 24.7 Å². The van der Waals surface area contributed by atoms with E-state index in [4.69, 9.17) is 19.4 Å². The van der Waals surface area contributed by atoms with Crippen LogP contribution in [-0.2, 0) is 24.4 Å². The molecule has 0 aliphatic carbocycles. The normalized spacial score (nSPS) is 16.3. The number of likely N-dealkylation sites (N-methyl/N-ethyl adjacent to an activating group) is 1. The van der Waals surface area contributed by atoms with Gasteiger partial charge in [0.25, 0.3) is 5.91 Å². The van der Waals surface area contributed by atoms with Gasteiger partial charge in [-0.05, 0) is 19.1 Å². The summed E-state index contributed by atoms with van der Waals surface area (Å²) in [7, 11) is -3.80. The van der Waals surface area contributed by atoms with Gasteiger partial charge in [0.05, 0.1) is 43.7 Å². The summed E-state index contributed by atoms with van der Waals surface area (Å²) < 4.78 is 37.3. The van der Waals surface area contributed by atoms with Gasteiger partial charge in [0.2, 0.25) is 15.9 Å². The summed E-state index contributed by atoms with van der Waals surface area (Å²) in [6.45, 7) is 4.73. The predicted molar refractivity (Wildman–Crippen MR) is 127 cm³/mol. The van der Waals surface area contributed by atoms with E-state index in [1.165, 1.54) is 36.7 Å². The monoisotopic (exact) mass is 507 g/mol. The smallest absolute Gasteiger partial charge is 0.279 e. The summed E-state index contributed by atoms with van der Waals surface area (Å²) in [5.41, 5.74) is 0.267. The fraction of sp³-hybridized carbons (Fsp3) is 0.455. The summed E-state index contributed by atoms with van der Waals surface area (Å²) in [5, 5.41) is 15.8. The van der Waals surface area contributed by atoms with Crippen LogP contribution in [0.1, 0.15) is 25.8 Å². The summed E-state index contributed by atoms with van der Waals surface area (Å²) in [6.07, 6.45) is 3.08. The maximum Gasteiger partial charge on any atom is 0.279 e. The fourth-order valence-electron chi connectivity index (χ4n) is 3.22. The molecule has 0 radical (unpaired) electrons. The number of oxime groups is 1. The van der Waals surface area contributed by atoms with Gasteiger partial charge in [0.15, 0.2) is 17.6 Å². The number of carbonyl (C=O) groups excluding carboxylic acids is 1. The Kier molecular flexibility index (Phi) is 9.48. The van der Waals surface area contributed by atoms with Crippen LogP contribution in [0.15, 0.2) is 46.7 Å². The molecule has 0 bridgehead atoms. The molecule has 0 spiro atoms. The summed E-state index contributed by atoms with van der Waals surface area (Å²) in [5.74, 6) is -0.117. The molecule has 190 valence electrons. The first kappa shape index (κ1) is 26.5. The summed E-state index contributed by atoms with van der Waals surface area (Å²) in [4.78, 5) is 26.7. The number of nitrogens with zero attached hydrogens (tertiary/aromatic N) is 4. The average molecular weight is 508 g/mol. The number of aliphatic hydroxyl groups is 1. The number of ether oxygens (including phenoxy) is 2. The number of aliphatic hydroxyl groups excluding tert-OH is 1. The first-order valence-electron chi connectivity index (χ1n) is 11.2. The van der Waals surface area contributed by atoms with Crippen LogP contribution in [0, 0.1) is 0 Å². The quantitative estimate of drug-likeness (QED) is 0.317. The zero-order valence-electron chi connectivity index (χ0n) is 19.6. The lowest BCUT2D eigenvalue weighted by atomic mass is 10.1. The van der Waals surface area contributed by atoms with Crippen LogP contribution < -0.4 is 10.1 Å². The molecule has 2 heterocycles. The van der Waals surface area contributed by atoms with Crippen LogP contribution in [0.4, 0.5) is 5.82 Å². The van der Waals surface area contributed by atoms with E-state index in [9.17, 15) is 13.2 Å². The molecule has 13 heteroatoms. The van der Waals surface area contributed by atoms with E-state index in [1.54, 1.807) is 6.92 Å². The highest BCUT2D eigenvalue weighted by molar-refractivity contribution is 7.89. The van der Waals surface area contributed by atoms with E-state index in [1.807, 2.05) is 6.92 Å². The molecule has 2 N–H and O–H groups in total. The third-order valence-electron chi connectivity index (χ3n) is 5.03. The molecule has 1 aliphatic rings. The summed E-state index contributed by atoms with van der Waals surface area (Å²) >= 11 is 0. The molecule has 0 unspecified atom stereocenters. The maximum absolute atomic E-state index is 13.0. The number of rotatable bonds is 12. The summed E-state index contributed by atoms with van der Waals surface area (Å²) in [6, 6.07) is 5.69. The Labute approximate surface area is 204 Å². The van der Waals surface area contributed by atoms with Gasteiger partial charge in [0, 0.05) is 25.1 Å². The first-order valence-corrected chi connectivity index (χ1v) is 12.6. The van der Waals surface area contributed by atoms with Crippen molar-refractivity contribution >= 4 is 27.5 Å². The van der Waals surface area contributed by atoms with E-state index < -0.39 is 15.9 Å². The van der Waals surface area contributed by atoms with Crippen molar-refractivity contribution in [1.29, 1.82) is 0 Å². The highest BCUT2D eigenvalue weighted by Gasteiger charge is 2.24. The highest BCUT2D eigenvalue weighted by Crippen LogP contribution is 2.18. The van der Waals surface area contributed by atoms with Crippen LogP contribution in [0.3, 0.4) is 0 Å². The molecule has 1 saturated heterocycles. The molecule has 1 amide bonds. The molecule has 12 nitrogen and oxygen atoms in total. The van der Waals surface area contributed by atoms with Crippen molar-refractivity contribution in [3.05, 3.63) is 42.2 Å². The second-order valence-electron chi connectivity index (χ2n) is 7.40. The standard InChI is InChI=1S/C22H29N5O7S/c1-3-27(10-11-28)35(30,31)18-7-5-16(6-8-18)21(26-34-17-9-12-32-15-17)22(29)25-19-13-24-20(14-23-19)33-4-2/h5-8,13-14,17,28H,3-4,9-12,15H2,1-2H3,(H,23,25,29)/t17-/m1/s1. The van der Waals surface area contributed by atoms with E-state index >= 15 is 0 Å². The lowest BCUT2D eigenvalue weighted by molar-refractivity contribution is -0.110. The van der Waals surface area contributed by atoms with Gasteiger partial charge in [-0.25, -0.2) is 18.4 Å².